The maximum Gasteiger partial charge on any atom is 0.337 e. The molecule has 0 fully saturated rings. The van der Waals surface area contributed by atoms with Gasteiger partial charge in [-0.1, -0.05) is 19.9 Å². The molecule has 0 amide bonds. The number of nitrogens with one attached hydrogen (secondary N) is 1. The fourth-order valence-electron chi connectivity index (χ4n) is 3.19. The average molecular weight is 330 g/mol. The largest absolute Gasteiger partial charge is 0.478 e. The standard InChI is InChI=1S/C18H22N2O2S/c1-18(2)7-6-14-12(8-18)15(17(21)22)16(23-14)13-5-4-11(9-19-3)10-20-13/h4-5,10,19H,6-9H2,1-3H3,(H,21,22). The molecule has 0 bridgehead atoms. The van der Waals surface area contributed by atoms with Crippen molar-refractivity contribution in [2.45, 2.75) is 39.7 Å². The van der Waals surface area contributed by atoms with Crippen LogP contribution in [0.2, 0.25) is 0 Å². The lowest BCUT2D eigenvalue weighted by atomic mass is 9.76. The van der Waals surface area contributed by atoms with E-state index in [4.69, 9.17) is 0 Å². The predicted octanol–water partition coefficient (Wildman–Crippen LogP) is 3.74. The molecule has 23 heavy (non-hydrogen) atoms. The first-order valence-electron chi connectivity index (χ1n) is 7.89. The Morgan fingerprint density at radius 2 is 2.22 bits per heavy atom. The second-order valence-corrected chi connectivity index (χ2v) is 8.04. The number of aromatic nitrogens is 1. The third kappa shape index (κ3) is 3.16. The van der Waals surface area contributed by atoms with Gasteiger partial charge in [-0.15, -0.1) is 11.3 Å². The van der Waals surface area contributed by atoms with Crippen LogP contribution in [0.4, 0.5) is 0 Å². The Morgan fingerprint density at radius 1 is 1.43 bits per heavy atom. The Labute approximate surface area is 140 Å². The molecule has 1 aliphatic rings. The van der Waals surface area contributed by atoms with Crippen LogP contribution in [0.5, 0.6) is 0 Å². The van der Waals surface area contributed by atoms with Gasteiger partial charge < -0.3 is 10.4 Å². The van der Waals surface area contributed by atoms with E-state index < -0.39 is 5.97 Å². The van der Waals surface area contributed by atoms with E-state index in [-0.39, 0.29) is 5.41 Å². The number of pyridine rings is 1. The van der Waals surface area contributed by atoms with Crippen LogP contribution in [0.15, 0.2) is 18.3 Å². The molecular formula is C18H22N2O2S. The Morgan fingerprint density at radius 3 is 2.83 bits per heavy atom. The van der Waals surface area contributed by atoms with E-state index in [0.29, 0.717) is 5.56 Å². The molecule has 0 aliphatic heterocycles. The summed E-state index contributed by atoms with van der Waals surface area (Å²) in [4.78, 5) is 18.4. The van der Waals surface area contributed by atoms with Crippen LogP contribution in [0, 0.1) is 5.41 Å². The number of thiophene rings is 1. The lowest BCUT2D eigenvalue weighted by Gasteiger charge is -2.29. The van der Waals surface area contributed by atoms with Crippen molar-refractivity contribution < 1.29 is 9.90 Å². The van der Waals surface area contributed by atoms with Crippen molar-refractivity contribution in [3.8, 4) is 10.6 Å². The normalized spacial score (nSPS) is 16.1. The zero-order chi connectivity index (χ0) is 16.6. The van der Waals surface area contributed by atoms with Gasteiger partial charge in [0.15, 0.2) is 0 Å². The van der Waals surface area contributed by atoms with E-state index in [1.807, 2.05) is 25.4 Å². The zero-order valence-corrected chi connectivity index (χ0v) is 14.6. The highest BCUT2D eigenvalue weighted by Gasteiger charge is 2.33. The zero-order valence-electron chi connectivity index (χ0n) is 13.8. The number of nitrogens with zero attached hydrogens (tertiary/aromatic N) is 1. The highest BCUT2D eigenvalue weighted by atomic mass is 32.1. The Balaban J connectivity index is 2.06. The quantitative estimate of drug-likeness (QED) is 0.896. The summed E-state index contributed by atoms with van der Waals surface area (Å²) < 4.78 is 0. The summed E-state index contributed by atoms with van der Waals surface area (Å²) in [6.07, 6.45) is 4.72. The topological polar surface area (TPSA) is 62.2 Å². The Bertz CT molecular complexity index is 732. The smallest absolute Gasteiger partial charge is 0.337 e. The van der Waals surface area contributed by atoms with Crippen molar-refractivity contribution in [2.75, 3.05) is 7.05 Å². The number of rotatable bonds is 4. The van der Waals surface area contributed by atoms with E-state index in [9.17, 15) is 9.90 Å². The van der Waals surface area contributed by atoms with Crippen molar-refractivity contribution >= 4 is 17.3 Å². The van der Waals surface area contributed by atoms with Crippen molar-refractivity contribution in [3.05, 3.63) is 39.9 Å². The molecule has 2 heterocycles. The molecule has 0 atom stereocenters. The minimum Gasteiger partial charge on any atom is -0.478 e. The monoisotopic (exact) mass is 330 g/mol. The van der Waals surface area contributed by atoms with Gasteiger partial charge in [0, 0.05) is 17.6 Å². The third-order valence-electron chi connectivity index (χ3n) is 4.43. The summed E-state index contributed by atoms with van der Waals surface area (Å²) >= 11 is 1.60. The molecule has 2 aromatic heterocycles. The van der Waals surface area contributed by atoms with Gasteiger partial charge in [-0.05, 0) is 48.9 Å². The maximum atomic E-state index is 11.9. The lowest BCUT2D eigenvalue weighted by molar-refractivity contribution is 0.0696. The van der Waals surface area contributed by atoms with Crippen LogP contribution >= 0.6 is 11.3 Å². The molecule has 0 saturated heterocycles. The number of hydrogen-bond donors (Lipinski definition) is 2. The summed E-state index contributed by atoms with van der Waals surface area (Å²) in [5.74, 6) is -0.837. The van der Waals surface area contributed by atoms with Crippen LogP contribution in [-0.4, -0.2) is 23.1 Å². The molecular weight excluding hydrogens is 308 g/mol. The molecule has 0 radical (unpaired) electrons. The van der Waals surface area contributed by atoms with Gasteiger partial charge in [0.2, 0.25) is 0 Å². The fourth-order valence-corrected chi connectivity index (χ4v) is 4.48. The van der Waals surface area contributed by atoms with Crippen LogP contribution < -0.4 is 5.32 Å². The highest BCUT2D eigenvalue weighted by molar-refractivity contribution is 7.16. The van der Waals surface area contributed by atoms with E-state index in [1.165, 1.54) is 4.88 Å². The second kappa shape index (κ2) is 6.06. The predicted molar refractivity (Wildman–Crippen MR) is 93.1 cm³/mol. The minimum absolute atomic E-state index is 0.166. The Kier molecular flexibility index (Phi) is 4.25. The van der Waals surface area contributed by atoms with E-state index in [0.717, 1.165) is 47.5 Å². The van der Waals surface area contributed by atoms with Crippen LogP contribution in [-0.2, 0) is 19.4 Å². The average Bonchev–Trinajstić information content (AvgIpc) is 2.85. The van der Waals surface area contributed by atoms with Crippen molar-refractivity contribution in [3.63, 3.8) is 0 Å². The molecule has 4 nitrogen and oxygen atoms in total. The van der Waals surface area contributed by atoms with Crippen molar-refractivity contribution in [1.82, 2.24) is 10.3 Å². The van der Waals surface area contributed by atoms with E-state index in [1.54, 1.807) is 11.3 Å². The summed E-state index contributed by atoms with van der Waals surface area (Å²) in [7, 11) is 1.89. The van der Waals surface area contributed by atoms with Crippen LogP contribution in [0.3, 0.4) is 0 Å². The van der Waals surface area contributed by atoms with Gasteiger partial charge in [0.25, 0.3) is 0 Å². The maximum absolute atomic E-state index is 11.9. The molecule has 0 aromatic carbocycles. The second-order valence-electron chi connectivity index (χ2n) is 6.94. The number of carbonyl (C=O) groups is 1. The number of carboxylic acids is 1. The number of fused-ring (bicyclic) bond motifs is 1. The molecule has 2 aromatic rings. The molecule has 0 saturated carbocycles. The van der Waals surface area contributed by atoms with Crippen molar-refractivity contribution in [1.29, 1.82) is 0 Å². The first-order valence-corrected chi connectivity index (χ1v) is 8.70. The number of hydrogen-bond acceptors (Lipinski definition) is 4. The minimum atomic E-state index is -0.837. The molecule has 122 valence electrons. The summed E-state index contributed by atoms with van der Waals surface area (Å²) in [5.41, 5.74) is 3.51. The van der Waals surface area contributed by atoms with Gasteiger partial charge in [0.05, 0.1) is 16.1 Å². The lowest BCUT2D eigenvalue weighted by Crippen LogP contribution is -2.22. The summed E-state index contributed by atoms with van der Waals surface area (Å²) in [5, 5.41) is 12.8. The third-order valence-corrected chi connectivity index (χ3v) is 5.74. The number of carboxylic acid groups (broad SMARTS) is 1. The van der Waals surface area contributed by atoms with Gasteiger partial charge in [-0.25, -0.2) is 4.79 Å². The van der Waals surface area contributed by atoms with E-state index in [2.05, 4.69) is 24.1 Å². The van der Waals surface area contributed by atoms with E-state index >= 15 is 0 Å². The number of aryl methyl sites for hydroxylation is 1. The molecule has 5 heteroatoms. The molecule has 1 aliphatic carbocycles. The fraction of sp³-hybridized carbons (Fsp3) is 0.444. The molecule has 2 N–H and O–H groups in total. The van der Waals surface area contributed by atoms with Crippen LogP contribution in [0.25, 0.3) is 10.6 Å². The van der Waals surface area contributed by atoms with Crippen LogP contribution in [0.1, 0.15) is 46.6 Å². The molecule has 0 unspecified atom stereocenters. The summed E-state index contributed by atoms with van der Waals surface area (Å²) in [6.45, 7) is 5.18. The number of aromatic carboxylic acids is 1. The first-order chi connectivity index (χ1) is 10.9. The van der Waals surface area contributed by atoms with Gasteiger partial charge in [-0.3, -0.25) is 4.98 Å². The van der Waals surface area contributed by atoms with Crippen molar-refractivity contribution in [2.24, 2.45) is 5.41 Å². The van der Waals surface area contributed by atoms with Gasteiger partial charge in [-0.2, -0.15) is 0 Å². The highest BCUT2D eigenvalue weighted by Crippen LogP contribution is 2.44. The Hall–Kier alpha value is -1.72. The molecule has 3 rings (SSSR count). The first kappa shape index (κ1) is 16.1. The SMILES string of the molecule is CNCc1ccc(-c2sc3c(c2C(=O)O)CC(C)(C)CC3)nc1. The summed E-state index contributed by atoms with van der Waals surface area (Å²) in [6, 6.07) is 3.94. The molecule has 0 spiro atoms. The van der Waals surface area contributed by atoms with Gasteiger partial charge in [0.1, 0.15) is 0 Å². The van der Waals surface area contributed by atoms with Gasteiger partial charge >= 0.3 is 5.97 Å².